The van der Waals surface area contributed by atoms with Crippen molar-refractivity contribution in [2.24, 2.45) is 0 Å². The average Bonchev–Trinajstić information content (AvgIpc) is 2.29. The van der Waals surface area contributed by atoms with Crippen LogP contribution < -0.4 is 10.5 Å². The van der Waals surface area contributed by atoms with Crippen LogP contribution in [0.2, 0.25) is 0 Å². The van der Waals surface area contributed by atoms with Gasteiger partial charge < -0.3 is 15.2 Å². The molecule has 0 fully saturated rings. The van der Waals surface area contributed by atoms with Crippen LogP contribution in [0.15, 0.2) is 18.3 Å². The molecular weight excluding hydrogens is 196 g/mol. The monoisotopic (exact) mass is 211 g/mol. The minimum atomic E-state index is -0.272. The van der Waals surface area contributed by atoms with Gasteiger partial charge in [0.2, 0.25) is 5.88 Å². The maximum atomic E-state index is 11.0. The second-order valence-electron chi connectivity index (χ2n) is 3.11. The first-order chi connectivity index (χ1) is 7.17. The Bertz CT molecular complexity index is 324. The van der Waals surface area contributed by atoms with E-state index in [2.05, 4.69) is 15.5 Å². The van der Waals surface area contributed by atoms with Gasteiger partial charge in [0.05, 0.1) is 14.2 Å². The minimum absolute atomic E-state index is 0.143. The van der Waals surface area contributed by atoms with Gasteiger partial charge in [-0.3, -0.25) is 4.79 Å². The quantitative estimate of drug-likeness (QED) is 0.708. The van der Waals surface area contributed by atoms with Crippen LogP contribution in [-0.2, 0) is 9.53 Å². The standard InChI is InChI=1S/C10H14N2O3/c1-14-9-4-3-7(6-12-9)8(11)5-10(13)15-2/h3-4,6,8H,5,11H2,1-2H3/p+1/t8-/m0/s1. The van der Waals surface area contributed by atoms with E-state index in [1.165, 1.54) is 7.11 Å². The number of carbonyl (C=O) groups is 1. The molecule has 0 aliphatic heterocycles. The van der Waals surface area contributed by atoms with Crippen LogP contribution in [0, 0.1) is 0 Å². The Labute approximate surface area is 88.2 Å². The summed E-state index contributed by atoms with van der Waals surface area (Å²) < 4.78 is 9.49. The Morgan fingerprint density at radius 2 is 2.27 bits per heavy atom. The smallest absolute Gasteiger partial charge is 0.311 e. The number of hydrogen-bond acceptors (Lipinski definition) is 4. The van der Waals surface area contributed by atoms with Gasteiger partial charge in [-0.2, -0.15) is 0 Å². The molecule has 0 spiro atoms. The predicted octanol–water partition coefficient (Wildman–Crippen LogP) is -0.0637. The number of methoxy groups -OCH3 is 2. The number of esters is 1. The molecule has 0 saturated heterocycles. The summed E-state index contributed by atoms with van der Waals surface area (Å²) in [5.41, 5.74) is 4.76. The van der Waals surface area contributed by atoms with E-state index >= 15 is 0 Å². The average molecular weight is 211 g/mol. The van der Waals surface area contributed by atoms with Gasteiger partial charge in [-0.1, -0.05) is 0 Å². The van der Waals surface area contributed by atoms with Crippen molar-refractivity contribution >= 4 is 5.97 Å². The molecule has 0 aliphatic rings. The minimum Gasteiger partial charge on any atom is -0.481 e. The van der Waals surface area contributed by atoms with E-state index in [-0.39, 0.29) is 18.4 Å². The van der Waals surface area contributed by atoms with E-state index in [0.29, 0.717) is 5.88 Å². The van der Waals surface area contributed by atoms with Crippen LogP contribution in [0.3, 0.4) is 0 Å². The first-order valence-corrected chi connectivity index (χ1v) is 4.57. The van der Waals surface area contributed by atoms with Gasteiger partial charge >= 0.3 is 5.97 Å². The number of ether oxygens (including phenoxy) is 2. The Balaban J connectivity index is 2.65. The lowest BCUT2D eigenvalue weighted by molar-refractivity contribution is -0.425. The fraction of sp³-hybridized carbons (Fsp3) is 0.400. The van der Waals surface area contributed by atoms with Crippen molar-refractivity contribution in [3.05, 3.63) is 23.9 Å². The summed E-state index contributed by atoms with van der Waals surface area (Å²) in [6, 6.07) is 3.44. The van der Waals surface area contributed by atoms with Crippen LogP contribution in [0.1, 0.15) is 18.0 Å². The normalized spacial score (nSPS) is 11.9. The molecule has 0 radical (unpaired) electrons. The zero-order valence-corrected chi connectivity index (χ0v) is 8.90. The van der Waals surface area contributed by atoms with Gasteiger partial charge in [-0.15, -0.1) is 0 Å². The number of rotatable bonds is 4. The first kappa shape index (κ1) is 11.5. The van der Waals surface area contributed by atoms with E-state index in [9.17, 15) is 4.79 Å². The molecule has 82 valence electrons. The van der Waals surface area contributed by atoms with Gasteiger partial charge in [0.1, 0.15) is 12.5 Å². The number of aromatic nitrogens is 1. The van der Waals surface area contributed by atoms with Crippen molar-refractivity contribution in [2.75, 3.05) is 14.2 Å². The summed E-state index contributed by atoms with van der Waals surface area (Å²) in [6.45, 7) is 0. The lowest BCUT2D eigenvalue weighted by atomic mass is 10.1. The molecule has 0 amide bonds. The number of hydrogen-bond donors (Lipinski definition) is 1. The maximum Gasteiger partial charge on any atom is 0.311 e. The van der Waals surface area contributed by atoms with Crippen molar-refractivity contribution < 1.29 is 20.0 Å². The molecule has 0 saturated carbocycles. The van der Waals surface area contributed by atoms with Gasteiger partial charge in [0.25, 0.3) is 0 Å². The maximum absolute atomic E-state index is 11.0. The highest BCUT2D eigenvalue weighted by atomic mass is 16.5. The Kier molecular flexibility index (Phi) is 4.05. The molecule has 5 heteroatoms. The van der Waals surface area contributed by atoms with Crippen molar-refractivity contribution in [1.29, 1.82) is 0 Å². The van der Waals surface area contributed by atoms with Crippen LogP contribution in [0.4, 0.5) is 0 Å². The molecule has 1 aromatic heterocycles. The summed E-state index contributed by atoms with van der Waals surface area (Å²) in [4.78, 5) is 15.0. The topological polar surface area (TPSA) is 76.1 Å². The number of nitrogens with zero attached hydrogens (tertiary/aromatic N) is 1. The van der Waals surface area contributed by atoms with E-state index in [0.717, 1.165) is 5.56 Å². The number of quaternary nitrogens is 1. The molecule has 1 rings (SSSR count). The molecule has 1 atom stereocenters. The van der Waals surface area contributed by atoms with Crippen LogP contribution in [0.25, 0.3) is 0 Å². The fourth-order valence-corrected chi connectivity index (χ4v) is 1.16. The summed E-state index contributed by atoms with van der Waals surface area (Å²) in [6.07, 6.45) is 1.91. The molecule has 1 aromatic rings. The van der Waals surface area contributed by atoms with Gasteiger partial charge in [-0.05, 0) is 6.07 Å². The second-order valence-corrected chi connectivity index (χ2v) is 3.11. The zero-order chi connectivity index (χ0) is 11.3. The fourth-order valence-electron chi connectivity index (χ4n) is 1.16. The number of pyridine rings is 1. The molecule has 0 bridgehead atoms. The van der Waals surface area contributed by atoms with E-state index in [4.69, 9.17) is 4.74 Å². The predicted molar refractivity (Wildman–Crippen MR) is 53.1 cm³/mol. The van der Waals surface area contributed by atoms with Crippen LogP contribution in [-0.4, -0.2) is 25.2 Å². The first-order valence-electron chi connectivity index (χ1n) is 4.57. The highest BCUT2D eigenvalue weighted by Gasteiger charge is 2.15. The van der Waals surface area contributed by atoms with Crippen molar-refractivity contribution in [3.8, 4) is 5.88 Å². The lowest BCUT2D eigenvalue weighted by Crippen LogP contribution is -2.54. The summed E-state index contributed by atoms with van der Waals surface area (Å²) in [7, 11) is 2.92. The SMILES string of the molecule is COC(=O)C[C@H]([NH3+])c1ccc(OC)nc1. The third-order valence-corrected chi connectivity index (χ3v) is 2.08. The van der Waals surface area contributed by atoms with E-state index < -0.39 is 0 Å². The largest absolute Gasteiger partial charge is 0.481 e. The van der Waals surface area contributed by atoms with Gasteiger partial charge in [0, 0.05) is 17.8 Å². The van der Waals surface area contributed by atoms with Crippen LogP contribution >= 0.6 is 0 Å². The van der Waals surface area contributed by atoms with Crippen molar-refractivity contribution in [3.63, 3.8) is 0 Å². The molecular formula is C10H15N2O3+. The second kappa shape index (κ2) is 5.31. The molecule has 15 heavy (non-hydrogen) atoms. The Morgan fingerprint density at radius 1 is 1.53 bits per heavy atom. The number of carbonyl (C=O) groups excluding carboxylic acids is 1. The molecule has 0 aliphatic carbocycles. The third-order valence-electron chi connectivity index (χ3n) is 2.08. The summed E-state index contributed by atoms with van der Waals surface area (Å²) in [5, 5.41) is 0. The third kappa shape index (κ3) is 3.21. The van der Waals surface area contributed by atoms with Crippen molar-refractivity contribution in [1.82, 2.24) is 4.98 Å². The highest BCUT2D eigenvalue weighted by molar-refractivity contribution is 5.69. The van der Waals surface area contributed by atoms with Crippen LogP contribution in [0.5, 0.6) is 5.88 Å². The zero-order valence-electron chi connectivity index (χ0n) is 8.90. The highest BCUT2D eigenvalue weighted by Crippen LogP contribution is 2.14. The van der Waals surface area contributed by atoms with Gasteiger partial charge in [-0.25, -0.2) is 4.98 Å². The molecule has 0 aromatic carbocycles. The molecule has 1 heterocycles. The lowest BCUT2D eigenvalue weighted by Gasteiger charge is -2.07. The summed E-state index contributed by atoms with van der Waals surface area (Å²) >= 11 is 0. The van der Waals surface area contributed by atoms with Crippen molar-refractivity contribution in [2.45, 2.75) is 12.5 Å². The Morgan fingerprint density at radius 3 is 2.73 bits per heavy atom. The molecule has 5 nitrogen and oxygen atoms in total. The van der Waals surface area contributed by atoms with E-state index in [1.54, 1.807) is 19.4 Å². The van der Waals surface area contributed by atoms with Gasteiger partial charge in [0.15, 0.2) is 0 Å². The van der Waals surface area contributed by atoms with E-state index in [1.807, 2.05) is 6.07 Å². The summed E-state index contributed by atoms with van der Waals surface area (Å²) in [5.74, 6) is 0.273. The molecule has 0 unspecified atom stereocenters. The molecule has 3 N–H and O–H groups in total. The Hall–Kier alpha value is -1.62.